The van der Waals surface area contributed by atoms with Gasteiger partial charge in [-0.3, -0.25) is 37.4 Å². The van der Waals surface area contributed by atoms with E-state index in [-0.39, 0.29) is 0 Å². The molecule has 66 nitrogen and oxygen atoms in total. The molecule has 28 N–H and O–H groups in total. The van der Waals surface area contributed by atoms with E-state index in [1.807, 2.05) is 10.6 Å². The van der Waals surface area contributed by atoms with Crippen LogP contribution in [0.25, 0.3) is 0 Å². The number of carbonyl (C=O) groups excluding carboxylic acids is 4. The van der Waals surface area contributed by atoms with Crippen molar-refractivity contribution in [2.24, 2.45) is 0 Å². The zero-order chi connectivity index (χ0) is 98.8. The third kappa shape index (κ3) is 27.1. The fourth-order valence-electron chi connectivity index (χ4n) is 15.0. The van der Waals surface area contributed by atoms with Crippen molar-refractivity contribution in [2.45, 2.75) is 304 Å². The van der Waals surface area contributed by atoms with E-state index in [0.29, 0.717) is 13.8 Å². The van der Waals surface area contributed by atoms with Crippen molar-refractivity contribution in [3.63, 3.8) is 0 Å². The molecular formula is C62H94N4O62S4. The van der Waals surface area contributed by atoms with Crippen LogP contribution < -0.4 is 21.3 Å². The molecule has 18 unspecified atom stereocenters. The van der Waals surface area contributed by atoms with Crippen LogP contribution in [0.4, 0.5) is 0 Å². The smallest absolute Gasteiger partial charge is 0.397 e. The van der Waals surface area contributed by atoms with E-state index in [0.717, 1.165) is 13.8 Å². The highest BCUT2D eigenvalue weighted by Gasteiger charge is 2.63. The molecule has 44 atom stereocenters. The summed E-state index contributed by atoms with van der Waals surface area (Å²) in [6, 6.07) is -9.16. The second-order valence-electron chi connectivity index (χ2n) is 30.3. The number of hydrogen-bond acceptors (Lipinski definition) is 53. The Balaban J connectivity index is 0.942. The van der Waals surface area contributed by atoms with Gasteiger partial charge in [0.05, 0.1) is 32.5 Å². The Morgan fingerprint density at radius 2 is 0.477 bits per heavy atom. The molecule has 0 aromatic heterocycles. The lowest BCUT2D eigenvalue weighted by Crippen LogP contribution is -2.71. The van der Waals surface area contributed by atoms with Crippen LogP contribution in [0.2, 0.25) is 0 Å². The van der Waals surface area contributed by atoms with Crippen molar-refractivity contribution in [3.8, 4) is 0 Å². The van der Waals surface area contributed by atoms with Crippen LogP contribution >= 0.6 is 0 Å². The summed E-state index contributed by atoms with van der Waals surface area (Å²) in [5.41, 5.74) is 0. The Hall–Kier alpha value is -6.57. The van der Waals surface area contributed by atoms with Crippen LogP contribution in [0.1, 0.15) is 34.1 Å². The van der Waals surface area contributed by atoms with E-state index in [1.54, 1.807) is 0 Å². The Morgan fingerprint density at radius 1 is 0.265 bits per heavy atom. The van der Waals surface area contributed by atoms with Crippen LogP contribution in [-0.4, -0.2) is 504 Å². The molecule has 9 aliphatic rings. The number of hydrogen-bond donors (Lipinski definition) is 28. The molecule has 0 radical (unpaired) electrons. The van der Waals surface area contributed by atoms with Gasteiger partial charge in [0.1, 0.15) is 177 Å². The van der Waals surface area contributed by atoms with E-state index in [1.165, 1.54) is 0 Å². The first-order valence-electron chi connectivity index (χ1n) is 38.1. The Bertz CT molecular complexity index is 4460. The van der Waals surface area contributed by atoms with Crippen LogP contribution in [0.3, 0.4) is 0 Å². The second kappa shape index (κ2) is 44.5. The topological polar surface area (TPSA) is 1020 Å². The molecule has 0 saturated carbocycles. The quantitative estimate of drug-likeness (QED) is 0.0257. The van der Waals surface area contributed by atoms with Crippen LogP contribution in [0.5, 0.6) is 0 Å². The molecule has 0 aliphatic carbocycles. The fourth-order valence-corrected chi connectivity index (χ4v) is 16.2. The lowest BCUT2D eigenvalue weighted by atomic mass is 9.93. The molecule has 0 aromatic carbocycles. The summed E-state index contributed by atoms with van der Waals surface area (Å²) < 4.78 is 247. The minimum absolute atomic E-state index is 0.701. The van der Waals surface area contributed by atoms with Gasteiger partial charge in [-0.1, -0.05) is 0 Å². The molecule has 70 heteroatoms. The molecule has 4 amide bonds. The molecule has 9 heterocycles. The lowest BCUT2D eigenvalue weighted by Gasteiger charge is -2.51. The second-order valence-corrected chi connectivity index (χ2v) is 34.7. The molecule has 0 bridgehead atoms. The minimum Gasteiger partial charge on any atom is -0.479 e. The number of aliphatic hydroxyl groups is 15. The fraction of sp³-hybridized carbons (Fsp3) is 0.855. The maximum Gasteiger partial charge on any atom is 0.397 e. The van der Waals surface area contributed by atoms with Gasteiger partial charge in [-0.15, -0.1) is 0 Å². The summed E-state index contributed by atoms with van der Waals surface area (Å²) in [6.45, 7) is -3.44. The first-order chi connectivity index (χ1) is 61.1. The highest BCUT2D eigenvalue weighted by atomic mass is 32.3. The predicted molar refractivity (Wildman–Crippen MR) is 386 cm³/mol. The van der Waals surface area contributed by atoms with Crippen molar-refractivity contribution in [2.75, 3.05) is 26.4 Å². The van der Waals surface area contributed by atoms with E-state index in [9.17, 15) is 197 Å². The molecule has 9 aliphatic heterocycles. The highest BCUT2D eigenvalue weighted by Crippen LogP contribution is 2.41. The molecule has 132 heavy (non-hydrogen) atoms. The first kappa shape index (κ1) is 109. The summed E-state index contributed by atoms with van der Waals surface area (Å²) in [5, 5.41) is 231. The van der Waals surface area contributed by atoms with Gasteiger partial charge in [-0.2, -0.15) is 33.7 Å². The Morgan fingerprint density at radius 3 is 0.689 bits per heavy atom. The number of aliphatic carboxylic acids is 5. The van der Waals surface area contributed by atoms with E-state index in [4.69, 9.17) is 80.5 Å². The molecule has 0 aromatic rings. The van der Waals surface area contributed by atoms with E-state index >= 15 is 0 Å². The summed E-state index contributed by atoms with van der Waals surface area (Å²) in [5.74, 6) is -15.2. The van der Waals surface area contributed by atoms with E-state index in [2.05, 4.69) is 27.4 Å². The van der Waals surface area contributed by atoms with Crippen LogP contribution in [0, 0.1) is 0 Å². The molecule has 9 saturated heterocycles. The Labute approximate surface area is 738 Å². The molecule has 9 rings (SSSR count). The monoisotopic (exact) mass is 2010 g/mol. The standard InChI is InChI=1S/C62H94N4O62S4/c1-10(67)63-20-25(73)37(118-59-24(72)14(71)5-15(112-59)49(85)86)16(6-108-129(96,97)98)113-56(20)123-42-30(78)34(82)61(126-46(42)51(89)90)120-39-18(8-110-131(102,103)104)115-58(22(27(39)75)65-12(3)69)125-44-32(80)36(84)62(128-48(44)53(93)94)121-40-19(9-111-132(105,106)107)116-57(23(28(40)76)66-13(4)70)124-43-31(79)35(83)60(127-47(43)52(91)92)119-38-17(7-109-130(99,100)101)114-55(21(26(38)74)64-11(2)68)122-41-29(77)33(81)54(95)117-45(41)50(87)88/h14-48,54-62,71-84,95H,5-9H2,1-4H3,(H,63,67)(H,64,68)(H,65,69)(H,66,70)(H,85,86)(H,87,88)(H,89,90)(H,91,92)(H,93,94)(H,96,97,98)(H,99,100,101)(H,102,103,104)(H,105,106,107)/t14-,15?,16?,17?,18?,19?,20?,21?,22?,23?,24?,25+,26+,27+,28+,29+,30+,31+,32+,33?,34?,35?,36?,37+,38+,39+,40+,41-,42-,43-,44-,45?,46?,47?,48?,54+,55-,56-,57-,58-,59-,60+,61+,62+/m0/s1. The maximum atomic E-state index is 13.3. The number of aliphatic hydroxyl groups excluding tert-OH is 15. The van der Waals surface area contributed by atoms with Gasteiger partial charge >= 0.3 is 71.4 Å². The number of amides is 4. The van der Waals surface area contributed by atoms with Gasteiger partial charge in [-0.05, 0) is 0 Å². The minimum atomic E-state index is -5.74. The van der Waals surface area contributed by atoms with Gasteiger partial charge in [0.25, 0.3) is 0 Å². The van der Waals surface area contributed by atoms with Crippen LogP contribution in [0.15, 0.2) is 0 Å². The lowest BCUT2D eigenvalue weighted by molar-refractivity contribution is -0.382. The summed E-state index contributed by atoms with van der Waals surface area (Å²) in [6.07, 6.45) is -103. The third-order valence-electron chi connectivity index (χ3n) is 20.9. The van der Waals surface area contributed by atoms with Gasteiger partial charge in [0.2, 0.25) is 23.6 Å². The maximum absolute atomic E-state index is 13.3. The molecular weight excluding hydrogens is 1920 g/mol. The average Bonchev–Trinajstić information content (AvgIpc) is 0.764. The van der Waals surface area contributed by atoms with Crippen molar-refractivity contribution < 1.29 is 294 Å². The SMILES string of the molecule is CC(=O)NC1[C@H](O[C@@H]2C(C(=O)O)O[C@@H](O[C@@H]3C(COS(=O)(=O)O)O[C@@H](O[C@@H]4C(C(=O)O)O[C@@H](O[C@@H]5C(COS(=O)(=O)O)O[C@@H](O[C@@H]6C(C(=O)O)O[C@@H](O)C(O)[C@H]6O)C(NC(C)=O)[C@H]5O)C(O)[C@H]4O)C(NC(C)=O)[C@H]3O)C(O)[C@H]2O)OC(COS(=O)(=O)O)[C@@H](O[C@@H]2OC(C(=O)O)[C@@H](O[C@@H]3OC(COS(=O)(=O)O)[C@@H](O[C@@H]4OC(C(=O)O)C[C@H](O)C4O)[C@H](O)C3NC(C)=O)[C@H](O)C2O)[C@@H]1O. The van der Waals surface area contributed by atoms with Crippen LogP contribution in [-0.2, 0) is 182 Å². The van der Waals surface area contributed by atoms with Crippen molar-refractivity contribution in [1.82, 2.24) is 21.3 Å². The summed E-state index contributed by atoms with van der Waals surface area (Å²) in [4.78, 5) is 115. The van der Waals surface area contributed by atoms with Crippen molar-refractivity contribution in [1.29, 1.82) is 0 Å². The largest absolute Gasteiger partial charge is 0.479 e. The van der Waals surface area contributed by atoms with Gasteiger partial charge < -0.3 is 204 Å². The third-order valence-corrected chi connectivity index (χ3v) is 22.6. The first-order valence-corrected chi connectivity index (χ1v) is 43.6. The zero-order valence-corrected chi connectivity index (χ0v) is 70.6. The Kier molecular flexibility index (Phi) is 36.8. The predicted octanol–water partition coefficient (Wildman–Crippen LogP) is -19.3. The number of ether oxygens (including phenoxy) is 17. The normalized spacial score (nSPS) is 43.1. The van der Waals surface area contributed by atoms with Gasteiger partial charge in [0, 0.05) is 34.1 Å². The van der Waals surface area contributed by atoms with Crippen molar-refractivity contribution in [3.05, 3.63) is 0 Å². The number of carboxylic acids is 5. The molecule has 0 spiro atoms. The molecule has 758 valence electrons. The summed E-state index contributed by atoms with van der Waals surface area (Å²) in [7, 11) is -22.6. The number of carboxylic acid groups (broad SMARTS) is 5. The van der Waals surface area contributed by atoms with Gasteiger partial charge in [0.15, 0.2) is 87.1 Å². The van der Waals surface area contributed by atoms with Gasteiger partial charge in [-0.25, -0.2) is 40.7 Å². The number of rotatable bonds is 37. The summed E-state index contributed by atoms with van der Waals surface area (Å²) >= 11 is 0. The van der Waals surface area contributed by atoms with E-state index < -0.39 is 398 Å². The van der Waals surface area contributed by atoms with Crippen molar-refractivity contribution >= 4 is 95.1 Å². The zero-order valence-electron chi connectivity index (χ0n) is 67.3. The highest BCUT2D eigenvalue weighted by molar-refractivity contribution is 7.81. The molecule has 9 fully saturated rings. The number of nitrogens with one attached hydrogen (secondary N) is 4. The number of carbonyl (C=O) groups is 9. The average molecular weight is 2020 g/mol.